The number of thioether (sulfide) groups is 1. The minimum Gasteiger partial charge on any atom is -0.465 e. The number of hydrogen-bond donors (Lipinski definition) is 1. The van der Waals surface area contributed by atoms with Gasteiger partial charge in [0.1, 0.15) is 6.54 Å². The molecule has 1 aromatic carbocycles. The van der Waals surface area contributed by atoms with Crippen LogP contribution in [0.5, 0.6) is 0 Å². The number of nitrogens with one attached hydrogen (secondary N) is 1. The first-order chi connectivity index (χ1) is 9.11. The van der Waals surface area contributed by atoms with Crippen LogP contribution in [0.15, 0.2) is 24.3 Å². The normalized spacial score (nSPS) is 10.0. The molecule has 0 bridgehead atoms. The van der Waals surface area contributed by atoms with E-state index < -0.39 is 5.97 Å². The summed E-state index contributed by atoms with van der Waals surface area (Å²) in [7, 11) is 0. The Bertz CT molecular complexity index is 440. The Kier molecular flexibility index (Phi) is 7.36. The molecule has 1 rings (SSSR count). The maximum Gasteiger partial charge on any atom is 0.325 e. The quantitative estimate of drug-likeness (QED) is 0.785. The molecule has 0 fully saturated rings. The van der Waals surface area contributed by atoms with E-state index in [-0.39, 0.29) is 12.5 Å². The zero-order chi connectivity index (χ0) is 14.1. The Morgan fingerprint density at radius 2 is 2.21 bits per heavy atom. The van der Waals surface area contributed by atoms with Crippen molar-refractivity contribution < 1.29 is 14.3 Å². The van der Waals surface area contributed by atoms with Crippen LogP contribution in [0.2, 0.25) is 5.02 Å². The molecule has 0 aliphatic rings. The maximum atomic E-state index is 11.4. The van der Waals surface area contributed by atoms with Gasteiger partial charge in [-0.3, -0.25) is 9.59 Å². The Morgan fingerprint density at radius 3 is 2.89 bits per heavy atom. The van der Waals surface area contributed by atoms with Crippen molar-refractivity contribution in [3.63, 3.8) is 0 Å². The van der Waals surface area contributed by atoms with Crippen molar-refractivity contribution >= 4 is 35.2 Å². The molecule has 0 saturated heterocycles. The topological polar surface area (TPSA) is 55.4 Å². The third-order valence-electron chi connectivity index (χ3n) is 2.13. The van der Waals surface area contributed by atoms with Crippen molar-refractivity contribution in [1.82, 2.24) is 5.32 Å². The number of amides is 1. The van der Waals surface area contributed by atoms with E-state index in [1.807, 2.05) is 24.3 Å². The predicted octanol–water partition coefficient (Wildman–Crippen LogP) is 2.25. The van der Waals surface area contributed by atoms with E-state index in [4.69, 9.17) is 16.3 Å². The molecule has 0 atom stereocenters. The van der Waals surface area contributed by atoms with E-state index in [0.717, 1.165) is 5.56 Å². The van der Waals surface area contributed by atoms with Gasteiger partial charge >= 0.3 is 5.97 Å². The molecule has 1 aromatic rings. The van der Waals surface area contributed by atoms with Gasteiger partial charge in [0.2, 0.25) is 5.91 Å². The van der Waals surface area contributed by atoms with E-state index in [1.165, 1.54) is 11.8 Å². The number of benzene rings is 1. The predicted molar refractivity (Wildman–Crippen MR) is 77.3 cm³/mol. The van der Waals surface area contributed by atoms with Crippen LogP contribution < -0.4 is 5.32 Å². The van der Waals surface area contributed by atoms with Crippen molar-refractivity contribution in [3.05, 3.63) is 34.9 Å². The van der Waals surface area contributed by atoms with E-state index in [1.54, 1.807) is 6.92 Å². The minimum atomic E-state index is -0.421. The van der Waals surface area contributed by atoms with Gasteiger partial charge in [0.05, 0.1) is 12.4 Å². The van der Waals surface area contributed by atoms with Crippen molar-refractivity contribution in [2.75, 3.05) is 18.9 Å². The molecule has 0 radical (unpaired) electrons. The first-order valence-electron chi connectivity index (χ1n) is 5.86. The van der Waals surface area contributed by atoms with Gasteiger partial charge in [-0.25, -0.2) is 0 Å². The SMILES string of the molecule is CCOC(=O)CNC(=O)CSCc1cccc(Cl)c1. The Hall–Kier alpha value is -1.20. The Labute approximate surface area is 121 Å². The van der Waals surface area contributed by atoms with Crippen molar-refractivity contribution in [1.29, 1.82) is 0 Å². The fraction of sp³-hybridized carbons (Fsp3) is 0.385. The van der Waals surface area contributed by atoms with Crippen LogP contribution >= 0.6 is 23.4 Å². The van der Waals surface area contributed by atoms with E-state index >= 15 is 0 Å². The Morgan fingerprint density at radius 1 is 1.42 bits per heavy atom. The summed E-state index contributed by atoms with van der Waals surface area (Å²) in [5.41, 5.74) is 1.07. The maximum absolute atomic E-state index is 11.4. The lowest BCUT2D eigenvalue weighted by Gasteiger charge is -2.05. The summed E-state index contributed by atoms with van der Waals surface area (Å²) in [6.07, 6.45) is 0. The van der Waals surface area contributed by atoms with Crippen molar-refractivity contribution in [2.24, 2.45) is 0 Å². The number of halogens is 1. The van der Waals surface area contributed by atoms with Crippen LogP contribution in [0.3, 0.4) is 0 Å². The van der Waals surface area contributed by atoms with Crippen LogP contribution in [0, 0.1) is 0 Å². The number of ether oxygens (including phenoxy) is 1. The highest BCUT2D eigenvalue weighted by molar-refractivity contribution is 7.99. The second kappa shape index (κ2) is 8.82. The van der Waals surface area contributed by atoms with Crippen LogP contribution in [0.1, 0.15) is 12.5 Å². The fourth-order valence-corrected chi connectivity index (χ4v) is 2.34. The van der Waals surface area contributed by atoms with E-state index in [2.05, 4.69) is 5.32 Å². The molecule has 0 spiro atoms. The van der Waals surface area contributed by atoms with Crippen LogP contribution in [0.4, 0.5) is 0 Å². The van der Waals surface area contributed by atoms with Gasteiger partial charge < -0.3 is 10.1 Å². The molecule has 19 heavy (non-hydrogen) atoms. The molecule has 0 unspecified atom stereocenters. The summed E-state index contributed by atoms with van der Waals surface area (Å²) in [5, 5.41) is 3.19. The number of carbonyl (C=O) groups is 2. The molecule has 4 nitrogen and oxygen atoms in total. The number of hydrogen-bond acceptors (Lipinski definition) is 4. The summed E-state index contributed by atoms with van der Waals surface area (Å²) in [5.74, 6) is 0.398. The highest BCUT2D eigenvalue weighted by Gasteiger charge is 2.06. The van der Waals surface area contributed by atoms with Gasteiger partial charge in [-0.1, -0.05) is 23.7 Å². The van der Waals surface area contributed by atoms with E-state index in [0.29, 0.717) is 23.1 Å². The first kappa shape index (κ1) is 15.9. The number of rotatable bonds is 7. The van der Waals surface area contributed by atoms with Crippen LogP contribution in [-0.4, -0.2) is 30.8 Å². The highest BCUT2D eigenvalue weighted by atomic mass is 35.5. The van der Waals surface area contributed by atoms with Gasteiger partial charge in [-0.2, -0.15) is 0 Å². The second-order valence-corrected chi connectivity index (χ2v) is 5.13. The van der Waals surface area contributed by atoms with Crippen LogP contribution in [-0.2, 0) is 20.1 Å². The number of carbonyl (C=O) groups excluding carboxylic acids is 2. The molecular formula is C13H16ClNO3S. The van der Waals surface area contributed by atoms with Gasteiger partial charge in [-0.15, -0.1) is 11.8 Å². The fourth-order valence-electron chi connectivity index (χ4n) is 1.32. The first-order valence-corrected chi connectivity index (χ1v) is 7.39. The highest BCUT2D eigenvalue weighted by Crippen LogP contribution is 2.16. The summed E-state index contributed by atoms with van der Waals surface area (Å²) in [6.45, 7) is 1.96. The van der Waals surface area contributed by atoms with Gasteiger partial charge in [0.15, 0.2) is 0 Å². The van der Waals surface area contributed by atoms with Crippen LogP contribution in [0.25, 0.3) is 0 Å². The lowest BCUT2D eigenvalue weighted by atomic mass is 10.2. The van der Waals surface area contributed by atoms with E-state index in [9.17, 15) is 9.59 Å². The number of esters is 1. The zero-order valence-electron chi connectivity index (χ0n) is 10.6. The molecule has 6 heteroatoms. The zero-order valence-corrected chi connectivity index (χ0v) is 12.2. The third kappa shape index (κ3) is 7.08. The minimum absolute atomic E-state index is 0.0790. The molecular weight excluding hydrogens is 286 g/mol. The molecule has 104 valence electrons. The smallest absolute Gasteiger partial charge is 0.325 e. The molecule has 0 aromatic heterocycles. The molecule has 0 aliphatic carbocycles. The molecule has 0 saturated carbocycles. The Balaban J connectivity index is 2.18. The van der Waals surface area contributed by atoms with Crippen molar-refractivity contribution in [3.8, 4) is 0 Å². The molecule has 0 heterocycles. The second-order valence-electron chi connectivity index (χ2n) is 3.70. The summed E-state index contributed by atoms with van der Waals surface area (Å²) < 4.78 is 4.70. The standard InChI is InChI=1S/C13H16ClNO3S/c1-2-18-13(17)7-15-12(16)9-19-8-10-4-3-5-11(14)6-10/h3-6H,2,7-9H2,1H3,(H,15,16). The molecule has 0 aliphatic heterocycles. The third-order valence-corrected chi connectivity index (χ3v) is 3.37. The van der Waals surface area contributed by atoms with Gasteiger partial charge in [0, 0.05) is 10.8 Å². The lowest BCUT2D eigenvalue weighted by molar-refractivity contribution is -0.143. The van der Waals surface area contributed by atoms with Gasteiger partial charge in [0.25, 0.3) is 0 Å². The molecule has 1 N–H and O–H groups in total. The van der Waals surface area contributed by atoms with Gasteiger partial charge in [-0.05, 0) is 24.6 Å². The summed E-state index contributed by atoms with van der Waals surface area (Å²) >= 11 is 7.33. The summed E-state index contributed by atoms with van der Waals surface area (Å²) in [6, 6.07) is 7.50. The largest absolute Gasteiger partial charge is 0.465 e. The monoisotopic (exact) mass is 301 g/mol. The summed E-state index contributed by atoms with van der Waals surface area (Å²) in [4.78, 5) is 22.5. The molecule has 1 amide bonds. The lowest BCUT2D eigenvalue weighted by Crippen LogP contribution is -2.31. The van der Waals surface area contributed by atoms with Crippen molar-refractivity contribution in [2.45, 2.75) is 12.7 Å². The average Bonchev–Trinajstić information content (AvgIpc) is 2.37. The average molecular weight is 302 g/mol.